The van der Waals surface area contributed by atoms with E-state index in [2.05, 4.69) is 19.2 Å². The molecule has 20 heavy (non-hydrogen) atoms. The van der Waals surface area contributed by atoms with Gasteiger partial charge in [0.1, 0.15) is 0 Å². The molecule has 1 aliphatic heterocycles. The number of carbonyl (C=O) groups excluding carboxylic acids is 2. The van der Waals surface area contributed by atoms with Gasteiger partial charge in [0.25, 0.3) is 0 Å². The van der Waals surface area contributed by atoms with E-state index in [0.29, 0.717) is 42.8 Å². The molecule has 0 aromatic carbocycles. The van der Waals surface area contributed by atoms with E-state index in [0.717, 1.165) is 6.42 Å². The largest absolute Gasteiger partial charge is 0.352 e. The molecular formula is C16H26N2O2. The normalized spacial score (nSPS) is 33.8. The third kappa shape index (κ3) is 2.33. The van der Waals surface area contributed by atoms with Crippen molar-refractivity contribution in [3.8, 4) is 0 Å². The van der Waals surface area contributed by atoms with E-state index in [1.165, 1.54) is 12.8 Å². The van der Waals surface area contributed by atoms with Gasteiger partial charge in [0.2, 0.25) is 11.8 Å². The monoisotopic (exact) mass is 278 g/mol. The third-order valence-corrected chi connectivity index (χ3v) is 5.42. The molecule has 0 bridgehead atoms. The molecule has 0 aromatic rings. The highest BCUT2D eigenvalue weighted by Gasteiger charge is 2.64. The second-order valence-electron chi connectivity index (χ2n) is 7.81. The summed E-state index contributed by atoms with van der Waals surface area (Å²) in [4.78, 5) is 25.8. The molecule has 1 heterocycles. The first-order chi connectivity index (χ1) is 9.35. The van der Waals surface area contributed by atoms with Gasteiger partial charge in [-0.3, -0.25) is 9.59 Å². The van der Waals surface area contributed by atoms with Crippen molar-refractivity contribution in [3.05, 3.63) is 0 Å². The van der Waals surface area contributed by atoms with E-state index < -0.39 is 0 Å². The predicted octanol–water partition coefficient (Wildman–Crippen LogP) is 1.94. The summed E-state index contributed by atoms with van der Waals surface area (Å²) in [5.41, 5.74) is 0.893. The SMILES string of the molecule is CCN1CC(C(=O)NC2CC23CC(C)(C)C3)CCC1=O. The Morgan fingerprint density at radius 2 is 2.10 bits per heavy atom. The summed E-state index contributed by atoms with van der Waals surface area (Å²) < 4.78 is 0. The average molecular weight is 278 g/mol. The quantitative estimate of drug-likeness (QED) is 0.857. The van der Waals surface area contributed by atoms with Crippen LogP contribution in [0.15, 0.2) is 0 Å². The lowest BCUT2D eigenvalue weighted by Crippen LogP contribution is -2.47. The van der Waals surface area contributed by atoms with Crippen LogP contribution in [-0.2, 0) is 9.59 Å². The second kappa shape index (κ2) is 4.47. The highest BCUT2D eigenvalue weighted by molar-refractivity contribution is 5.84. The molecule has 1 saturated heterocycles. The van der Waals surface area contributed by atoms with E-state index in [4.69, 9.17) is 0 Å². The van der Waals surface area contributed by atoms with Gasteiger partial charge in [-0.1, -0.05) is 13.8 Å². The van der Waals surface area contributed by atoms with Crippen LogP contribution in [0.1, 0.15) is 52.9 Å². The smallest absolute Gasteiger partial charge is 0.225 e. The number of nitrogens with one attached hydrogen (secondary N) is 1. The molecule has 1 spiro atoms. The van der Waals surface area contributed by atoms with Crippen molar-refractivity contribution < 1.29 is 9.59 Å². The third-order valence-electron chi connectivity index (χ3n) is 5.42. The number of rotatable bonds is 3. The van der Waals surface area contributed by atoms with E-state index in [9.17, 15) is 9.59 Å². The van der Waals surface area contributed by atoms with Crippen LogP contribution in [0.3, 0.4) is 0 Å². The number of hydrogen-bond donors (Lipinski definition) is 1. The molecule has 2 unspecified atom stereocenters. The maximum absolute atomic E-state index is 12.4. The summed E-state index contributed by atoms with van der Waals surface area (Å²) in [6, 6.07) is 0.399. The molecule has 2 atom stereocenters. The van der Waals surface area contributed by atoms with Crippen LogP contribution in [-0.4, -0.2) is 35.8 Å². The Morgan fingerprint density at radius 3 is 2.70 bits per heavy atom. The molecule has 4 nitrogen and oxygen atoms in total. The van der Waals surface area contributed by atoms with E-state index in [1.807, 2.05) is 11.8 Å². The Hall–Kier alpha value is -1.06. The first kappa shape index (κ1) is 13.9. The van der Waals surface area contributed by atoms with Gasteiger partial charge >= 0.3 is 0 Å². The highest BCUT2D eigenvalue weighted by atomic mass is 16.2. The number of hydrogen-bond acceptors (Lipinski definition) is 2. The van der Waals surface area contributed by atoms with Crippen LogP contribution in [0.2, 0.25) is 0 Å². The lowest BCUT2D eigenvalue weighted by Gasteiger charge is -2.44. The Kier molecular flexibility index (Phi) is 3.11. The number of amides is 2. The molecular weight excluding hydrogens is 252 g/mol. The van der Waals surface area contributed by atoms with E-state index in [-0.39, 0.29) is 17.7 Å². The molecule has 1 N–H and O–H groups in total. The van der Waals surface area contributed by atoms with Gasteiger partial charge in [-0.2, -0.15) is 0 Å². The predicted molar refractivity (Wildman–Crippen MR) is 77.0 cm³/mol. The number of carbonyl (C=O) groups is 2. The summed E-state index contributed by atoms with van der Waals surface area (Å²) in [5, 5.41) is 3.24. The summed E-state index contributed by atoms with van der Waals surface area (Å²) in [7, 11) is 0. The van der Waals surface area contributed by atoms with Crippen LogP contribution >= 0.6 is 0 Å². The lowest BCUT2D eigenvalue weighted by molar-refractivity contribution is -0.138. The van der Waals surface area contributed by atoms with E-state index >= 15 is 0 Å². The Bertz CT molecular complexity index is 436. The number of piperidine rings is 1. The minimum Gasteiger partial charge on any atom is -0.352 e. The van der Waals surface area contributed by atoms with Crippen molar-refractivity contribution in [2.45, 2.75) is 58.9 Å². The molecule has 3 rings (SSSR count). The van der Waals surface area contributed by atoms with Gasteiger partial charge in [0.05, 0.1) is 5.92 Å². The van der Waals surface area contributed by atoms with Gasteiger partial charge in [0.15, 0.2) is 0 Å². The van der Waals surface area contributed by atoms with Crippen molar-refractivity contribution in [2.24, 2.45) is 16.7 Å². The van der Waals surface area contributed by atoms with Gasteiger partial charge in [0, 0.05) is 25.6 Å². The van der Waals surface area contributed by atoms with Crippen molar-refractivity contribution in [3.63, 3.8) is 0 Å². The minimum absolute atomic E-state index is 0.00149. The summed E-state index contributed by atoms with van der Waals surface area (Å²) in [6.45, 7) is 7.91. The average Bonchev–Trinajstić information content (AvgIpc) is 3.01. The van der Waals surface area contributed by atoms with Crippen LogP contribution < -0.4 is 5.32 Å². The molecule has 112 valence electrons. The van der Waals surface area contributed by atoms with Crippen LogP contribution in [0.4, 0.5) is 0 Å². The molecule has 3 fully saturated rings. The van der Waals surface area contributed by atoms with Gasteiger partial charge in [-0.05, 0) is 43.4 Å². The maximum atomic E-state index is 12.4. The standard InChI is InChI=1S/C16H26N2O2/c1-4-18-8-11(5-6-13(18)19)14(20)17-12-7-16(12)9-15(2,3)10-16/h11-12H,4-10H2,1-3H3,(H,17,20). The summed E-state index contributed by atoms with van der Waals surface area (Å²) in [5.74, 6) is 0.362. The Morgan fingerprint density at radius 1 is 1.40 bits per heavy atom. The van der Waals surface area contributed by atoms with Gasteiger partial charge < -0.3 is 10.2 Å². The zero-order valence-corrected chi connectivity index (χ0v) is 12.9. The second-order valence-corrected chi connectivity index (χ2v) is 7.81. The summed E-state index contributed by atoms with van der Waals surface area (Å²) in [6.07, 6.45) is 4.89. The Balaban J connectivity index is 1.50. The van der Waals surface area contributed by atoms with Crippen LogP contribution in [0.25, 0.3) is 0 Å². The summed E-state index contributed by atoms with van der Waals surface area (Å²) >= 11 is 0. The zero-order valence-electron chi connectivity index (χ0n) is 12.9. The van der Waals surface area contributed by atoms with Gasteiger partial charge in [-0.25, -0.2) is 0 Å². The fourth-order valence-electron chi connectivity index (χ4n) is 4.52. The molecule has 2 amide bonds. The molecule has 2 aliphatic carbocycles. The minimum atomic E-state index is -0.00149. The van der Waals surface area contributed by atoms with Gasteiger partial charge in [-0.15, -0.1) is 0 Å². The molecule has 0 aromatic heterocycles. The van der Waals surface area contributed by atoms with E-state index in [1.54, 1.807) is 0 Å². The fourth-order valence-corrected chi connectivity index (χ4v) is 4.52. The highest BCUT2D eigenvalue weighted by Crippen LogP contribution is 2.68. The van der Waals surface area contributed by atoms with Crippen LogP contribution in [0.5, 0.6) is 0 Å². The molecule has 0 radical (unpaired) electrons. The first-order valence-electron chi connectivity index (χ1n) is 7.93. The number of likely N-dealkylation sites (tertiary alicyclic amines) is 1. The fraction of sp³-hybridized carbons (Fsp3) is 0.875. The van der Waals surface area contributed by atoms with Crippen molar-refractivity contribution in [1.29, 1.82) is 0 Å². The Labute approximate surface area is 121 Å². The van der Waals surface area contributed by atoms with Crippen molar-refractivity contribution in [2.75, 3.05) is 13.1 Å². The number of nitrogens with zero attached hydrogens (tertiary/aromatic N) is 1. The molecule has 3 aliphatic rings. The maximum Gasteiger partial charge on any atom is 0.225 e. The van der Waals surface area contributed by atoms with Crippen molar-refractivity contribution >= 4 is 11.8 Å². The topological polar surface area (TPSA) is 49.4 Å². The molecule has 4 heteroatoms. The molecule has 2 saturated carbocycles. The lowest BCUT2D eigenvalue weighted by atomic mass is 9.61. The first-order valence-corrected chi connectivity index (χ1v) is 7.93. The van der Waals surface area contributed by atoms with Crippen LogP contribution in [0, 0.1) is 16.7 Å². The van der Waals surface area contributed by atoms with Crippen molar-refractivity contribution in [1.82, 2.24) is 10.2 Å². The zero-order chi connectivity index (χ0) is 14.5.